The zero-order valence-corrected chi connectivity index (χ0v) is 11.7. The van der Waals surface area contributed by atoms with Crippen molar-refractivity contribution in [1.82, 2.24) is 29.8 Å². The Morgan fingerprint density at radius 1 is 1.33 bits per heavy atom. The highest BCUT2D eigenvalue weighted by Crippen LogP contribution is 2.19. The van der Waals surface area contributed by atoms with Crippen LogP contribution in [0.2, 0.25) is 0 Å². The van der Waals surface area contributed by atoms with Crippen LogP contribution < -0.4 is 0 Å². The molecule has 9 heteroatoms. The molecule has 106 valence electrons. The summed E-state index contributed by atoms with van der Waals surface area (Å²) in [6, 6.07) is 6.34. The first-order valence-electron chi connectivity index (χ1n) is 5.94. The van der Waals surface area contributed by atoms with Crippen LogP contribution in [0.3, 0.4) is 0 Å². The Bertz CT molecular complexity index is 861. The molecule has 0 aliphatic rings. The standard InChI is InChI=1S/C12H10N6O2S/c1-17-6-9(13-16-17)10-14-15-12(21)18(10)8-4-2-7(3-5-8)11(19)20/h2-6H,1H3,(H,15,21)(H,19,20). The fraction of sp³-hybridized carbons (Fsp3) is 0.0833. The summed E-state index contributed by atoms with van der Waals surface area (Å²) in [5.74, 6) is -0.470. The maximum absolute atomic E-state index is 10.9. The highest BCUT2D eigenvalue weighted by molar-refractivity contribution is 7.71. The zero-order chi connectivity index (χ0) is 15.0. The number of hydrogen-bond acceptors (Lipinski definition) is 5. The Morgan fingerprint density at radius 2 is 2.05 bits per heavy atom. The van der Waals surface area contributed by atoms with Gasteiger partial charge in [0.15, 0.2) is 16.3 Å². The molecule has 8 nitrogen and oxygen atoms in total. The second-order valence-electron chi connectivity index (χ2n) is 4.32. The van der Waals surface area contributed by atoms with Crippen molar-refractivity contribution in [3.63, 3.8) is 0 Å². The van der Waals surface area contributed by atoms with Gasteiger partial charge in [-0.2, -0.15) is 5.10 Å². The molecule has 21 heavy (non-hydrogen) atoms. The third-order valence-corrected chi connectivity index (χ3v) is 3.15. The van der Waals surface area contributed by atoms with Crippen LogP contribution in [0.1, 0.15) is 10.4 Å². The summed E-state index contributed by atoms with van der Waals surface area (Å²) in [6.07, 6.45) is 1.72. The maximum atomic E-state index is 10.9. The molecule has 0 atom stereocenters. The Kier molecular flexibility index (Phi) is 3.10. The number of carboxylic acids is 1. The van der Waals surface area contributed by atoms with E-state index in [9.17, 15) is 4.79 Å². The van der Waals surface area contributed by atoms with Crippen LogP contribution in [0.4, 0.5) is 0 Å². The van der Waals surface area contributed by atoms with Gasteiger partial charge in [-0.3, -0.25) is 14.3 Å². The third-order valence-electron chi connectivity index (χ3n) is 2.88. The number of aromatic carboxylic acids is 1. The second kappa shape index (κ2) is 4.94. The van der Waals surface area contributed by atoms with Crippen molar-refractivity contribution in [1.29, 1.82) is 0 Å². The molecule has 0 fully saturated rings. The van der Waals surface area contributed by atoms with E-state index in [1.54, 1.807) is 34.6 Å². The van der Waals surface area contributed by atoms with Crippen LogP contribution in [-0.4, -0.2) is 40.8 Å². The van der Waals surface area contributed by atoms with Gasteiger partial charge in [-0.05, 0) is 36.5 Å². The third kappa shape index (κ3) is 2.34. The molecule has 2 N–H and O–H groups in total. The first-order valence-corrected chi connectivity index (χ1v) is 6.35. The van der Waals surface area contributed by atoms with Gasteiger partial charge < -0.3 is 5.11 Å². The number of aromatic amines is 1. The molecule has 0 radical (unpaired) electrons. The number of aryl methyl sites for hydroxylation is 1. The number of hydrogen-bond donors (Lipinski definition) is 2. The molecule has 0 spiro atoms. The summed E-state index contributed by atoms with van der Waals surface area (Å²) < 4.78 is 3.62. The fourth-order valence-electron chi connectivity index (χ4n) is 1.91. The maximum Gasteiger partial charge on any atom is 0.335 e. The summed E-state index contributed by atoms with van der Waals surface area (Å²) in [6.45, 7) is 0. The van der Waals surface area contributed by atoms with Crippen molar-refractivity contribution < 1.29 is 9.90 Å². The van der Waals surface area contributed by atoms with Crippen molar-refractivity contribution >= 4 is 18.2 Å². The van der Waals surface area contributed by atoms with E-state index in [0.29, 0.717) is 22.0 Å². The molecule has 0 aliphatic carbocycles. The number of carbonyl (C=O) groups is 1. The molecule has 0 saturated carbocycles. The molecule has 0 aliphatic heterocycles. The minimum atomic E-state index is -0.980. The van der Waals surface area contributed by atoms with E-state index < -0.39 is 5.97 Å². The molecular formula is C12H10N6O2S. The van der Waals surface area contributed by atoms with Crippen molar-refractivity contribution in [2.24, 2.45) is 7.05 Å². The van der Waals surface area contributed by atoms with Gasteiger partial charge in [-0.15, -0.1) is 5.10 Å². The largest absolute Gasteiger partial charge is 0.478 e. The van der Waals surface area contributed by atoms with Gasteiger partial charge in [0.25, 0.3) is 0 Å². The predicted octanol–water partition coefficient (Wildman–Crippen LogP) is 1.42. The van der Waals surface area contributed by atoms with Crippen molar-refractivity contribution in [2.45, 2.75) is 0 Å². The smallest absolute Gasteiger partial charge is 0.335 e. The number of benzene rings is 1. The summed E-state index contributed by atoms with van der Waals surface area (Å²) in [7, 11) is 1.75. The molecule has 0 amide bonds. The van der Waals surface area contributed by atoms with Crippen molar-refractivity contribution in [3.05, 3.63) is 40.8 Å². The normalized spacial score (nSPS) is 10.7. The number of nitrogens with one attached hydrogen (secondary N) is 1. The van der Waals surface area contributed by atoms with Gasteiger partial charge in [0, 0.05) is 7.05 Å². The van der Waals surface area contributed by atoms with Crippen LogP contribution in [0.5, 0.6) is 0 Å². The molecule has 0 bridgehead atoms. The minimum absolute atomic E-state index is 0.204. The van der Waals surface area contributed by atoms with Gasteiger partial charge in [0.05, 0.1) is 17.4 Å². The molecule has 0 unspecified atom stereocenters. The quantitative estimate of drug-likeness (QED) is 0.710. The van der Waals surface area contributed by atoms with Crippen molar-refractivity contribution in [2.75, 3.05) is 0 Å². The number of rotatable bonds is 3. The highest BCUT2D eigenvalue weighted by Gasteiger charge is 2.14. The van der Waals surface area contributed by atoms with Crippen LogP contribution in [0.25, 0.3) is 17.2 Å². The Labute approximate surface area is 123 Å². The summed E-state index contributed by atoms with van der Waals surface area (Å²) >= 11 is 5.22. The molecule has 3 aromatic rings. The zero-order valence-electron chi connectivity index (χ0n) is 10.9. The topological polar surface area (TPSA) is 102 Å². The van der Waals surface area contributed by atoms with E-state index in [4.69, 9.17) is 17.3 Å². The lowest BCUT2D eigenvalue weighted by Crippen LogP contribution is -2.00. The van der Waals surface area contributed by atoms with E-state index in [0.717, 1.165) is 0 Å². The van der Waals surface area contributed by atoms with E-state index in [-0.39, 0.29) is 5.56 Å². The van der Waals surface area contributed by atoms with E-state index in [1.165, 1.54) is 12.1 Å². The van der Waals surface area contributed by atoms with Gasteiger partial charge in [0.2, 0.25) is 0 Å². The Balaban J connectivity index is 2.12. The van der Waals surface area contributed by atoms with E-state index >= 15 is 0 Å². The molecule has 1 aromatic carbocycles. The van der Waals surface area contributed by atoms with Crippen LogP contribution in [0.15, 0.2) is 30.5 Å². The molecule has 3 rings (SSSR count). The minimum Gasteiger partial charge on any atom is -0.478 e. The van der Waals surface area contributed by atoms with E-state index in [2.05, 4.69) is 20.5 Å². The average Bonchev–Trinajstić information content (AvgIpc) is 3.05. The van der Waals surface area contributed by atoms with Crippen LogP contribution in [0, 0.1) is 4.77 Å². The van der Waals surface area contributed by atoms with Crippen LogP contribution in [-0.2, 0) is 7.05 Å². The van der Waals surface area contributed by atoms with Crippen LogP contribution >= 0.6 is 12.2 Å². The van der Waals surface area contributed by atoms with E-state index in [1.807, 2.05) is 0 Å². The predicted molar refractivity (Wildman–Crippen MR) is 75.7 cm³/mol. The summed E-state index contributed by atoms with van der Waals surface area (Å²) in [5.41, 5.74) is 1.46. The number of H-pyrrole nitrogens is 1. The Hall–Kier alpha value is -2.81. The first kappa shape index (κ1) is 13.2. The number of nitrogens with zero attached hydrogens (tertiary/aromatic N) is 5. The Morgan fingerprint density at radius 3 is 2.62 bits per heavy atom. The van der Waals surface area contributed by atoms with Gasteiger partial charge in [-0.25, -0.2) is 4.79 Å². The van der Waals surface area contributed by atoms with Gasteiger partial charge in [-0.1, -0.05) is 5.21 Å². The lowest BCUT2D eigenvalue weighted by molar-refractivity contribution is 0.0697. The lowest BCUT2D eigenvalue weighted by atomic mass is 10.2. The lowest BCUT2D eigenvalue weighted by Gasteiger charge is -2.05. The van der Waals surface area contributed by atoms with Gasteiger partial charge in [0.1, 0.15) is 0 Å². The molecular weight excluding hydrogens is 292 g/mol. The number of carboxylic acid groups (broad SMARTS) is 1. The monoisotopic (exact) mass is 302 g/mol. The second-order valence-corrected chi connectivity index (χ2v) is 4.70. The highest BCUT2D eigenvalue weighted by atomic mass is 32.1. The first-order chi connectivity index (χ1) is 10.1. The molecule has 2 aromatic heterocycles. The average molecular weight is 302 g/mol. The molecule has 0 saturated heterocycles. The fourth-order valence-corrected chi connectivity index (χ4v) is 2.15. The van der Waals surface area contributed by atoms with Crippen molar-refractivity contribution in [3.8, 4) is 17.2 Å². The number of aromatic nitrogens is 6. The van der Waals surface area contributed by atoms with Gasteiger partial charge >= 0.3 is 5.97 Å². The summed E-state index contributed by atoms with van der Waals surface area (Å²) in [4.78, 5) is 10.9. The summed E-state index contributed by atoms with van der Waals surface area (Å²) in [5, 5.41) is 23.6. The SMILES string of the molecule is Cn1cc(-c2n[nH]c(=S)n2-c2ccc(C(=O)O)cc2)nn1. The molecule has 2 heterocycles.